The van der Waals surface area contributed by atoms with Crippen LogP contribution >= 0.6 is 0 Å². The topological polar surface area (TPSA) is 85.2 Å². The van der Waals surface area contributed by atoms with E-state index in [1.807, 2.05) is 35.7 Å². The largest absolute Gasteiger partial charge is 0.367 e. The van der Waals surface area contributed by atoms with Crippen LogP contribution in [0.5, 0.6) is 0 Å². The molecule has 0 radical (unpaired) electrons. The Balaban J connectivity index is 1.52. The predicted molar refractivity (Wildman–Crippen MR) is 95.6 cm³/mol. The lowest BCUT2D eigenvalue weighted by molar-refractivity contribution is -0.156. The van der Waals surface area contributed by atoms with E-state index >= 15 is 0 Å². The van der Waals surface area contributed by atoms with Crippen molar-refractivity contribution in [1.29, 1.82) is 0 Å². The number of nitrogens with one attached hydrogen (secondary N) is 1. The molecule has 2 aromatic rings. The second-order valence-corrected chi connectivity index (χ2v) is 6.83. The zero-order valence-electron chi connectivity index (χ0n) is 15.1. The zero-order valence-corrected chi connectivity index (χ0v) is 15.1. The van der Waals surface area contributed by atoms with Crippen LogP contribution in [0.1, 0.15) is 43.4 Å². The minimum Gasteiger partial charge on any atom is -0.367 e. The Morgan fingerprint density at radius 1 is 1.31 bits per heavy atom. The molecule has 138 valence electrons. The molecule has 0 unspecified atom stereocenters. The van der Waals surface area contributed by atoms with E-state index in [1.54, 1.807) is 12.4 Å². The normalized spacial score (nSPS) is 23.3. The van der Waals surface area contributed by atoms with Gasteiger partial charge in [-0.3, -0.25) is 4.79 Å². The number of nitrogens with zero attached hydrogens (tertiary/aromatic N) is 5. The summed E-state index contributed by atoms with van der Waals surface area (Å²) < 4.78 is 7.82. The third-order valence-electron chi connectivity index (χ3n) is 4.99. The van der Waals surface area contributed by atoms with Gasteiger partial charge in [-0.2, -0.15) is 0 Å². The van der Waals surface area contributed by atoms with E-state index in [0.717, 1.165) is 17.5 Å². The van der Waals surface area contributed by atoms with Gasteiger partial charge in [0.05, 0.1) is 0 Å². The van der Waals surface area contributed by atoms with Gasteiger partial charge in [-0.25, -0.2) is 15.0 Å². The minimum atomic E-state index is -0.224. The van der Waals surface area contributed by atoms with Crippen LogP contribution in [0.3, 0.4) is 0 Å². The first-order chi connectivity index (χ1) is 12.7. The van der Waals surface area contributed by atoms with Crippen molar-refractivity contribution in [2.45, 2.75) is 37.8 Å². The van der Waals surface area contributed by atoms with Crippen molar-refractivity contribution in [3.05, 3.63) is 36.3 Å². The summed E-state index contributed by atoms with van der Waals surface area (Å²) in [6, 6.07) is 1.64. The van der Waals surface area contributed by atoms with Crippen LogP contribution in [0.15, 0.2) is 24.7 Å². The number of amides is 1. The third kappa shape index (κ3) is 3.29. The molecule has 4 rings (SSSR count). The van der Waals surface area contributed by atoms with E-state index < -0.39 is 0 Å². The van der Waals surface area contributed by atoms with E-state index in [9.17, 15) is 4.79 Å². The lowest BCUT2D eigenvalue weighted by Gasteiger charge is -2.40. The highest BCUT2D eigenvalue weighted by Crippen LogP contribution is 2.38. The number of carbonyl (C=O) groups is 1. The van der Waals surface area contributed by atoms with Gasteiger partial charge >= 0.3 is 0 Å². The van der Waals surface area contributed by atoms with Crippen LogP contribution in [0.4, 0.5) is 5.82 Å². The second kappa shape index (κ2) is 7.03. The second-order valence-electron chi connectivity index (χ2n) is 6.83. The van der Waals surface area contributed by atoms with Crippen molar-refractivity contribution in [3.8, 4) is 0 Å². The van der Waals surface area contributed by atoms with Gasteiger partial charge in [0.2, 0.25) is 5.91 Å². The van der Waals surface area contributed by atoms with Crippen molar-refractivity contribution in [2.24, 2.45) is 7.05 Å². The maximum Gasteiger partial charge on any atom is 0.249 e. The Bertz CT molecular complexity index is 787. The van der Waals surface area contributed by atoms with Crippen LogP contribution in [-0.2, 0) is 16.6 Å². The first-order valence-corrected chi connectivity index (χ1v) is 9.12. The van der Waals surface area contributed by atoms with E-state index in [0.29, 0.717) is 19.0 Å². The number of aryl methyl sites for hydroxylation is 1. The molecule has 0 aromatic carbocycles. The first-order valence-electron chi connectivity index (χ1n) is 9.12. The lowest BCUT2D eigenvalue weighted by Crippen LogP contribution is -2.51. The molecule has 26 heavy (non-hydrogen) atoms. The number of morpholine rings is 1. The summed E-state index contributed by atoms with van der Waals surface area (Å²) in [7, 11) is 1.94. The summed E-state index contributed by atoms with van der Waals surface area (Å²) in [5.74, 6) is 3.04. The number of rotatable bonds is 6. The van der Waals surface area contributed by atoms with Gasteiger partial charge in [0.25, 0.3) is 0 Å². The quantitative estimate of drug-likeness (QED) is 0.844. The third-order valence-corrected chi connectivity index (χ3v) is 4.99. The van der Waals surface area contributed by atoms with Crippen LogP contribution < -0.4 is 5.32 Å². The smallest absolute Gasteiger partial charge is 0.249 e. The summed E-state index contributed by atoms with van der Waals surface area (Å²) in [4.78, 5) is 27.6. The van der Waals surface area contributed by atoms with Crippen LogP contribution in [0, 0.1) is 0 Å². The highest BCUT2D eigenvalue weighted by Gasteiger charge is 2.39. The molecule has 1 saturated carbocycles. The molecule has 1 aliphatic heterocycles. The van der Waals surface area contributed by atoms with Crippen LogP contribution in [0.2, 0.25) is 0 Å². The van der Waals surface area contributed by atoms with Crippen LogP contribution in [-0.4, -0.2) is 56.1 Å². The Morgan fingerprint density at radius 3 is 2.85 bits per heavy atom. The fourth-order valence-electron chi connectivity index (χ4n) is 3.44. The average Bonchev–Trinajstić information content (AvgIpc) is 3.42. The van der Waals surface area contributed by atoms with Crippen molar-refractivity contribution < 1.29 is 9.53 Å². The standard InChI is InChI=1S/C18H24N6O2/c1-3-24-15(25)11-26-13(16(24)18-20-8-9-23(18)2)10-21-14-6-7-19-17(22-14)12-4-5-12/h6-9,12-13,16H,3-5,10-11H2,1-2H3,(H,19,21,22)/t13-,16+/m0/s1. The summed E-state index contributed by atoms with van der Waals surface area (Å²) >= 11 is 0. The molecular formula is C18H24N6O2. The van der Waals surface area contributed by atoms with E-state index in [2.05, 4.69) is 20.3 Å². The molecule has 1 saturated heterocycles. The highest BCUT2D eigenvalue weighted by atomic mass is 16.5. The maximum absolute atomic E-state index is 12.3. The number of hydrogen-bond acceptors (Lipinski definition) is 6. The van der Waals surface area contributed by atoms with E-state index in [4.69, 9.17) is 4.74 Å². The minimum absolute atomic E-state index is 0.00481. The molecule has 2 atom stereocenters. The summed E-state index contributed by atoms with van der Waals surface area (Å²) in [5, 5.41) is 3.36. The summed E-state index contributed by atoms with van der Waals surface area (Å²) in [5.41, 5.74) is 0. The number of anilines is 1. The Morgan fingerprint density at radius 2 is 2.15 bits per heavy atom. The van der Waals surface area contributed by atoms with Crippen molar-refractivity contribution in [1.82, 2.24) is 24.4 Å². The molecule has 1 aliphatic carbocycles. The Kier molecular flexibility index (Phi) is 4.58. The van der Waals surface area contributed by atoms with Gasteiger partial charge in [0, 0.05) is 44.6 Å². The van der Waals surface area contributed by atoms with Gasteiger partial charge in [-0.05, 0) is 25.8 Å². The molecule has 2 fully saturated rings. The highest BCUT2D eigenvalue weighted by molar-refractivity contribution is 5.78. The van der Waals surface area contributed by atoms with Gasteiger partial charge in [0.15, 0.2) is 0 Å². The number of aromatic nitrogens is 4. The fourth-order valence-corrected chi connectivity index (χ4v) is 3.44. The molecule has 8 heteroatoms. The average molecular weight is 356 g/mol. The molecule has 8 nitrogen and oxygen atoms in total. The number of ether oxygens (including phenoxy) is 1. The van der Waals surface area contributed by atoms with Crippen molar-refractivity contribution in [2.75, 3.05) is 25.0 Å². The molecule has 0 spiro atoms. The predicted octanol–water partition coefficient (Wildman–Crippen LogP) is 1.49. The molecule has 0 bridgehead atoms. The lowest BCUT2D eigenvalue weighted by atomic mass is 10.1. The van der Waals surface area contributed by atoms with Gasteiger partial charge in [-0.15, -0.1) is 0 Å². The van der Waals surface area contributed by atoms with Crippen LogP contribution in [0.25, 0.3) is 0 Å². The number of carbonyl (C=O) groups excluding carboxylic acids is 1. The van der Waals surface area contributed by atoms with Gasteiger partial charge in [-0.1, -0.05) is 0 Å². The van der Waals surface area contributed by atoms with E-state index in [-0.39, 0.29) is 24.7 Å². The molecule has 1 amide bonds. The van der Waals surface area contributed by atoms with E-state index in [1.165, 1.54) is 12.8 Å². The maximum atomic E-state index is 12.3. The summed E-state index contributed by atoms with van der Waals surface area (Å²) in [6.45, 7) is 3.24. The molecular weight excluding hydrogens is 332 g/mol. The zero-order chi connectivity index (χ0) is 18.1. The Labute approximate surface area is 152 Å². The van der Waals surface area contributed by atoms with Gasteiger partial charge in [0.1, 0.15) is 36.2 Å². The molecule has 1 N–H and O–H groups in total. The van der Waals surface area contributed by atoms with Gasteiger partial charge < -0.3 is 19.5 Å². The SMILES string of the molecule is CCN1C(=O)CO[C@@H](CNc2ccnc(C3CC3)n2)[C@@H]1c1nccn1C. The first kappa shape index (κ1) is 17.0. The monoisotopic (exact) mass is 356 g/mol. The fraction of sp³-hybridized carbons (Fsp3) is 0.556. The van der Waals surface area contributed by atoms with Crippen molar-refractivity contribution in [3.63, 3.8) is 0 Å². The number of likely N-dealkylation sites (N-methyl/N-ethyl adjacent to an activating group) is 1. The Hall–Kier alpha value is -2.48. The number of imidazole rings is 1. The molecule has 2 aliphatic rings. The van der Waals surface area contributed by atoms with Crippen molar-refractivity contribution >= 4 is 11.7 Å². The molecule has 2 aromatic heterocycles. The number of hydrogen-bond donors (Lipinski definition) is 1. The molecule has 3 heterocycles. The summed E-state index contributed by atoms with van der Waals surface area (Å²) in [6.07, 6.45) is 7.57.